The first-order valence-corrected chi connectivity index (χ1v) is 10.2. The molecular formula is C22H26N6O3. The van der Waals surface area contributed by atoms with E-state index < -0.39 is 5.91 Å². The quantitative estimate of drug-likeness (QED) is 0.543. The Balaban J connectivity index is 0.000000185. The largest absolute Gasteiger partial charge is 0.364 e. The van der Waals surface area contributed by atoms with Crippen molar-refractivity contribution in [2.24, 2.45) is 18.7 Å². The van der Waals surface area contributed by atoms with E-state index in [1.165, 1.54) is 17.3 Å². The Morgan fingerprint density at radius 1 is 1.16 bits per heavy atom. The van der Waals surface area contributed by atoms with Crippen LogP contribution in [0.5, 0.6) is 0 Å². The van der Waals surface area contributed by atoms with Crippen molar-refractivity contribution in [2.45, 2.75) is 32.1 Å². The number of nitrogens with two attached hydrogens (primary N) is 1. The average molecular weight is 422 g/mol. The summed E-state index contributed by atoms with van der Waals surface area (Å²) in [5.41, 5.74) is 8.57. The lowest BCUT2D eigenvalue weighted by Gasteiger charge is -2.20. The van der Waals surface area contributed by atoms with Gasteiger partial charge in [-0.05, 0) is 24.5 Å². The summed E-state index contributed by atoms with van der Waals surface area (Å²) >= 11 is 0. The van der Waals surface area contributed by atoms with E-state index in [1.54, 1.807) is 25.4 Å². The monoisotopic (exact) mass is 422 g/mol. The molecule has 1 fully saturated rings. The van der Waals surface area contributed by atoms with Crippen LogP contribution >= 0.6 is 0 Å². The number of rotatable bonds is 5. The number of benzene rings is 1. The number of hydrogen-bond acceptors (Lipinski definition) is 5. The number of nitrogens with one attached hydrogen (secondary N) is 2. The summed E-state index contributed by atoms with van der Waals surface area (Å²) in [5.74, 6) is -0.584. The highest BCUT2D eigenvalue weighted by Crippen LogP contribution is 2.25. The van der Waals surface area contributed by atoms with Crippen LogP contribution in [0.15, 0.2) is 42.7 Å². The second kappa shape index (κ2) is 10.3. The van der Waals surface area contributed by atoms with Crippen molar-refractivity contribution in [3.63, 3.8) is 0 Å². The minimum atomic E-state index is -0.589. The fraction of sp³-hybridized carbons (Fsp3) is 0.318. The highest BCUT2D eigenvalue weighted by atomic mass is 16.2. The molecule has 0 spiro atoms. The number of aldehydes is 1. The Kier molecular flexibility index (Phi) is 7.31. The summed E-state index contributed by atoms with van der Waals surface area (Å²) in [4.78, 5) is 33.7. The van der Waals surface area contributed by atoms with Crippen molar-refractivity contribution >= 4 is 23.8 Å². The van der Waals surface area contributed by atoms with Crippen molar-refractivity contribution in [3.8, 4) is 11.3 Å². The molecule has 9 nitrogen and oxygen atoms in total. The van der Waals surface area contributed by atoms with E-state index >= 15 is 0 Å². The molecule has 1 aliphatic carbocycles. The number of anilines is 1. The van der Waals surface area contributed by atoms with E-state index in [0.717, 1.165) is 43.2 Å². The molecule has 4 rings (SSSR count). The van der Waals surface area contributed by atoms with Crippen molar-refractivity contribution in [3.05, 3.63) is 54.0 Å². The molecule has 0 saturated heterocycles. The third-order valence-corrected chi connectivity index (χ3v) is 5.26. The Labute approximate surface area is 180 Å². The second-order valence-electron chi connectivity index (χ2n) is 7.43. The third kappa shape index (κ3) is 5.65. The molecule has 2 heterocycles. The number of carbonyl (C=O) groups is 3. The molecule has 1 aromatic carbocycles. The van der Waals surface area contributed by atoms with Gasteiger partial charge in [0.25, 0.3) is 5.91 Å². The predicted octanol–water partition coefficient (Wildman–Crippen LogP) is 2.93. The zero-order valence-electron chi connectivity index (χ0n) is 17.4. The summed E-state index contributed by atoms with van der Waals surface area (Å²) in [6.45, 7) is 0. The average Bonchev–Trinajstić information content (AvgIpc) is 3.45. The molecule has 2 amide bonds. The van der Waals surface area contributed by atoms with Crippen molar-refractivity contribution in [2.75, 3.05) is 5.32 Å². The fourth-order valence-electron chi connectivity index (χ4n) is 3.58. The van der Waals surface area contributed by atoms with Gasteiger partial charge < -0.3 is 11.1 Å². The van der Waals surface area contributed by atoms with Crippen molar-refractivity contribution < 1.29 is 14.4 Å². The van der Waals surface area contributed by atoms with Gasteiger partial charge in [0.1, 0.15) is 12.0 Å². The number of aromatic nitrogens is 4. The van der Waals surface area contributed by atoms with Gasteiger partial charge in [0.05, 0.1) is 17.6 Å². The summed E-state index contributed by atoms with van der Waals surface area (Å²) in [6.07, 6.45) is 9.20. The van der Waals surface area contributed by atoms with E-state index in [1.807, 2.05) is 18.2 Å². The van der Waals surface area contributed by atoms with Gasteiger partial charge in [-0.15, -0.1) is 0 Å². The highest BCUT2D eigenvalue weighted by molar-refractivity contribution is 6.02. The van der Waals surface area contributed by atoms with E-state index in [4.69, 9.17) is 5.73 Å². The lowest BCUT2D eigenvalue weighted by Crippen LogP contribution is -2.26. The maximum absolute atomic E-state index is 12.1. The third-order valence-electron chi connectivity index (χ3n) is 5.26. The molecule has 2 aromatic heterocycles. The first-order chi connectivity index (χ1) is 15.0. The van der Waals surface area contributed by atoms with Crippen LogP contribution < -0.4 is 11.1 Å². The normalized spacial score (nSPS) is 13.7. The molecule has 0 atom stereocenters. The molecule has 1 saturated carbocycles. The van der Waals surface area contributed by atoms with Crippen LogP contribution in [-0.4, -0.2) is 38.1 Å². The number of hydrogen-bond donors (Lipinski definition) is 3. The van der Waals surface area contributed by atoms with Crippen LogP contribution in [0.4, 0.5) is 5.69 Å². The van der Waals surface area contributed by atoms with Crippen LogP contribution in [0.3, 0.4) is 0 Å². The van der Waals surface area contributed by atoms with Crippen LogP contribution in [0, 0.1) is 5.92 Å². The Morgan fingerprint density at radius 3 is 2.45 bits per heavy atom. The SMILES string of the molecule is Cn1ncc(NC(=O)C2CCCCC2)c1C(N)=O.O=Cc1ccc(-c2ccn[nH]2)cc1. The number of H-pyrrole nitrogens is 1. The molecular weight excluding hydrogens is 396 g/mol. The molecule has 31 heavy (non-hydrogen) atoms. The first-order valence-electron chi connectivity index (χ1n) is 10.2. The first kappa shape index (κ1) is 21.9. The van der Waals surface area contributed by atoms with Gasteiger partial charge in [-0.2, -0.15) is 10.2 Å². The maximum atomic E-state index is 12.1. The summed E-state index contributed by atoms with van der Waals surface area (Å²) in [6, 6.07) is 9.22. The molecule has 0 radical (unpaired) electrons. The van der Waals surface area contributed by atoms with Gasteiger partial charge in [0, 0.05) is 24.7 Å². The zero-order chi connectivity index (χ0) is 22.2. The standard InChI is InChI=1S/C12H18N4O2.C10H8N2O/c1-16-10(11(13)17)9(7-14-16)15-12(18)8-5-3-2-4-6-8;13-7-8-1-3-9(4-2-8)10-5-6-11-12-10/h7-8H,2-6H2,1H3,(H2,13,17)(H,15,18);1-7H,(H,11,12). The highest BCUT2D eigenvalue weighted by Gasteiger charge is 2.23. The van der Waals surface area contributed by atoms with E-state index in [2.05, 4.69) is 20.6 Å². The van der Waals surface area contributed by atoms with E-state index in [0.29, 0.717) is 11.3 Å². The van der Waals surface area contributed by atoms with Gasteiger partial charge >= 0.3 is 0 Å². The fourth-order valence-corrected chi connectivity index (χ4v) is 3.58. The van der Waals surface area contributed by atoms with Gasteiger partial charge in [-0.3, -0.25) is 24.2 Å². The molecule has 0 unspecified atom stereocenters. The van der Waals surface area contributed by atoms with Gasteiger partial charge in [-0.25, -0.2) is 0 Å². The van der Waals surface area contributed by atoms with Crippen molar-refractivity contribution in [1.29, 1.82) is 0 Å². The van der Waals surface area contributed by atoms with Crippen LogP contribution in [0.1, 0.15) is 53.0 Å². The number of carbonyl (C=O) groups excluding carboxylic acids is 3. The lowest BCUT2D eigenvalue weighted by molar-refractivity contribution is -0.120. The number of amides is 2. The number of aromatic amines is 1. The minimum Gasteiger partial charge on any atom is -0.364 e. The second-order valence-corrected chi connectivity index (χ2v) is 7.43. The van der Waals surface area contributed by atoms with Gasteiger partial charge in [0.15, 0.2) is 0 Å². The van der Waals surface area contributed by atoms with Crippen LogP contribution in [0.25, 0.3) is 11.3 Å². The molecule has 1 aliphatic rings. The smallest absolute Gasteiger partial charge is 0.269 e. The van der Waals surface area contributed by atoms with E-state index in [-0.39, 0.29) is 17.5 Å². The minimum absolute atomic E-state index is 0.0369. The number of aryl methyl sites for hydroxylation is 1. The van der Waals surface area contributed by atoms with Crippen LogP contribution in [-0.2, 0) is 11.8 Å². The van der Waals surface area contributed by atoms with Crippen molar-refractivity contribution in [1.82, 2.24) is 20.0 Å². The number of nitrogens with zero attached hydrogens (tertiary/aromatic N) is 3. The predicted molar refractivity (Wildman–Crippen MR) is 116 cm³/mol. The summed E-state index contributed by atoms with van der Waals surface area (Å²) < 4.78 is 1.37. The summed E-state index contributed by atoms with van der Waals surface area (Å²) in [5, 5.41) is 13.4. The van der Waals surface area contributed by atoms with Gasteiger partial charge in [-0.1, -0.05) is 43.5 Å². The Bertz CT molecular complexity index is 1020. The molecule has 162 valence electrons. The van der Waals surface area contributed by atoms with E-state index in [9.17, 15) is 14.4 Å². The topological polar surface area (TPSA) is 136 Å². The Hall–Kier alpha value is -3.75. The number of primary amides is 1. The zero-order valence-corrected chi connectivity index (χ0v) is 17.4. The summed E-state index contributed by atoms with van der Waals surface area (Å²) in [7, 11) is 1.62. The van der Waals surface area contributed by atoms with Crippen LogP contribution in [0.2, 0.25) is 0 Å². The molecule has 9 heteroatoms. The maximum Gasteiger partial charge on any atom is 0.269 e. The Morgan fingerprint density at radius 2 is 1.87 bits per heavy atom. The van der Waals surface area contributed by atoms with Gasteiger partial charge in [0.2, 0.25) is 5.91 Å². The molecule has 3 aromatic rings. The lowest BCUT2D eigenvalue weighted by atomic mass is 9.88. The molecule has 0 aliphatic heterocycles. The molecule has 4 N–H and O–H groups in total. The molecule has 0 bridgehead atoms.